The molecule has 2 atom stereocenters. The smallest absolute Gasteiger partial charge is 0.379 e. The molecule has 0 aromatic rings. The van der Waals surface area contributed by atoms with E-state index >= 15 is 0 Å². The van der Waals surface area contributed by atoms with Crippen molar-refractivity contribution >= 4 is 7.82 Å². The van der Waals surface area contributed by atoms with Crippen molar-refractivity contribution in [1.82, 2.24) is 0 Å². The Balaban J connectivity index is 2.32. The first-order chi connectivity index (χ1) is 6.03. The van der Waals surface area contributed by atoms with Gasteiger partial charge in [0.25, 0.3) is 0 Å². The number of hydrogen-bond donors (Lipinski definition) is 2. The lowest BCUT2D eigenvalue weighted by atomic mass is 10.2. The van der Waals surface area contributed by atoms with Gasteiger partial charge in [0.05, 0.1) is 12.7 Å². The van der Waals surface area contributed by atoms with Crippen molar-refractivity contribution in [2.75, 3.05) is 20.3 Å². The molecule has 6 nitrogen and oxygen atoms in total. The first-order valence-corrected chi connectivity index (χ1v) is 5.40. The van der Waals surface area contributed by atoms with Gasteiger partial charge >= 0.3 is 7.82 Å². The molecule has 1 rings (SSSR count). The van der Waals surface area contributed by atoms with Crippen molar-refractivity contribution in [3.05, 3.63) is 0 Å². The average Bonchev–Trinajstić information content (AvgIpc) is 2.46. The molecule has 7 heteroatoms. The van der Waals surface area contributed by atoms with Crippen LogP contribution in [0.1, 0.15) is 6.42 Å². The fourth-order valence-electron chi connectivity index (χ4n) is 1.22. The number of phosphoric acid groups is 1. The molecule has 78 valence electrons. The largest absolute Gasteiger partial charge is 0.469 e. The lowest BCUT2D eigenvalue weighted by Gasteiger charge is -2.16. The minimum Gasteiger partial charge on any atom is -0.379 e. The summed E-state index contributed by atoms with van der Waals surface area (Å²) in [5.74, 6) is 0. The predicted molar refractivity (Wildman–Crippen MR) is 43.2 cm³/mol. The van der Waals surface area contributed by atoms with E-state index in [-0.39, 0.29) is 18.8 Å². The second-order valence-corrected chi connectivity index (χ2v) is 4.00. The summed E-state index contributed by atoms with van der Waals surface area (Å²) in [6, 6.07) is 0. The van der Waals surface area contributed by atoms with E-state index in [1.54, 1.807) is 0 Å². The van der Waals surface area contributed by atoms with Crippen molar-refractivity contribution < 1.29 is 28.3 Å². The zero-order valence-electron chi connectivity index (χ0n) is 7.25. The maximum atomic E-state index is 10.4. The molecule has 1 fully saturated rings. The van der Waals surface area contributed by atoms with Crippen molar-refractivity contribution in [3.63, 3.8) is 0 Å². The summed E-state index contributed by atoms with van der Waals surface area (Å²) in [5, 5.41) is 0. The van der Waals surface area contributed by atoms with Crippen LogP contribution in [0.3, 0.4) is 0 Å². The summed E-state index contributed by atoms with van der Waals surface area (Å²) >= 11 is 0. The van der Waals surface area contributed by atoms with E-state index in [1.807, 2.05) is 0 Å². The summed E-state index contributed by atoms with van der Waals surface area (Å²) in [6.45, 7) is 0.399. The molecule has 0 aromatic heterocycles. The van der Waals surface area contributed by atoms with E-state index in [0.29, 0.717) is 6.61 Å². The summed E-state index contributed by atoms with van der Waals surface area (Å²) in [4.78, 5) is 16.9. The van der Waals surface area contributed by atoms with Crippen LogP contribution in [0.25, 0.3) is 0 Å². The van der Waals surface area contributed by atoms with Crippen LogP contribution in [0.2, 0.25) is 0 Å². The molecule has 0 aliphatic carbocycles. The van der Waals surface area contributed by atoms with E-state index in [1.165, 1.54) is 7.11 Å². The molecule has 0 aromatic carbocycles. The van der Waals surface area contributed by atoms with Gasteiger partial charge in [0.1, 0.15) is 6.10 Å². The minimum absolute atomic E-state index is 0.133. The maximum absolute atomic E-state index is 10.4. The molecular formula is C6H13O6P. The lowest BCUT2D eigenvalue weighted by Crippen LogP contribution is -2.27. The van der Waals surface area contributed by atoms with Crippen LogP contribution in [-0.2, 0) is 18.6 Å². The predicted octanol–water partition coefficient (Wildman–Crippen LogP) is -0.100. The summed E-state index contributed by atoms with van der Waals surface area (Å²) in [5.41, 5.74) is 0. The van der Waals surface area contributed by atoms with Gasteiger partial charge in [-0.15, -0.1) is 0 Å². The van der Waals surface area contributed by atoms with Crippen LogP contribution in [0.15, 0.2) is 0 Å². The van der Waals surface area contributed by atoms with E-state index in [4.69, 9.17) is 19.3 Å². The van der Waals surface area contributed by atoms with Gasteiger partial charge in [0, 0.05) is 13.7 Å². The Morgan fingerprint density at radius 2 is 2.31 bits per heavy atom. The standard InChI is InChI=1S/C6H13O6P/c1-10-5-2-3-11-6(5)4-12-13(7,8)9/h5-6H,2-4H2,1H3,(H2,7,8,9)/t5?,6-/m1/s1. The van der Waals surface area contributed by atoms with Gasteiger partial charge in [-0.1, -0.05) is 0 Å². The van der Waals surface area contributed by atoms with Crippen molar-refractivity contribution in [3.8, 4) is 0 Å². The van der Waals surface area contributed by atoms with Gasteiger partial charge in [0.15, 0.2) is 0 Å². The molecule has 1 heterocycles. The van der Waals surface area contributed by atoms with Gasteiger partial charge in [-0.25, -0.2) is 4.57 Å². The third-order valence-electron chi connectivity index (χ3n) is 1.86. The first kappa shape index (κ1) is 11.1. The van der Waals surface area contributed by atoms with Crippen molar-refractivity contribution in [1.29, 1.82) is 0 Å². The first-order valence-electron chi connectivity index (χ1n) is 3.87. The van der Waals surface area contributed by atoms with Gasteiger partial charge in [-0.2, -0.15) is 0 Å². The highest BCUT2D eigenvalue weighted by molar-refractivity contribution is 7.46. The number of methoxy groups -OCH3 is 1. The molecule has 0 amide bonds. The Bertz CT molecular complexity index is 201. The Hall–Kier alpha value is 0.0300. The van der Waals surface area contributed by atoms with E-state index in [0.717, 1.165) is 6.42 Å². The normalized spacial score (nSPS) is 29.5. The summed E-state index contributed by atoms with van der Waals surface area (Å²) in [6.07, 6.45) is 0.218. The van der Waals surface area contributed by atoms with E-state index in [2.05, 4.69) is 4.52 Å². The molecule has 2 N–H and O–H groups in total. The molecule has 1 aliphatic rings. The molecule has 1 aliphatic heterocycles. The highest BCUT2D eigenvalue weighted by Gasteiger charge is 2.30. The Morgan fingerprint density at radius 1 is 1.62 bits per heavy atom. The van der Waals surface area contributed by atoms with Crippen molar-refractivity contribution in [2.45, 2.75) is 18.6 Å². The van der Waals surface area contributed by atoms with Crippen LogP contribution in [0.5, 0.6) is 0 Å². The molecule has 0 bridgehead atoms. The van der Waals surface area contributed by atoms with Crippen LogP contribution >= 0.6 is 7.82 Å². The van der Waals surface area contributed by atoms with Gasteiger partial charge in [0.2, 0.25) is 0 Å². The van der Waals surface area contributed by atoms with Crippen LogP contribution in [-0.4, -0.2) is 42.3 Å². The monoisotopic (exact) mass is 212 g/mol. The van der Waals surface area contributed by atoms with Gasteiger partial charge in [-0.3, -0.25) is 4.52 Å². The number of phosphoric ester groups is 1. The van der Waals surface area contributed by atoms with Crippen molar-refractivity contribution in [2.24, 2.45) is 0 Å². The minimum atomic E-state index is -4.39. The fourth-order valence-corrected chi connectivity index (χ4v) is 1.57. The zero-order chi connectivity index (χ0) is 9.90. The molecule has 1 saturated heterocycles. The number of hydrogen-bond acceptors (Lipinski definition) is 4. The maximum Gasteiger partial charge on any atom is 0.469 e. The third kappa shape index (κ3) is 3.72. The third-order valence-corrected chi connectivity index (χ3v) is 2.34. The van der Waals surface area contributed by atoms with Gasteiger partial charge < -0.3 is 19.3 Å². The Kier molecular flexibility index (Phi) is 3.85. The quantitative estimate of drug-likeness (QED) is 0.633. The van der Waals surface area contributed by atoms with Gasteiger partial charge in [-0.05, 0) is 6.42 Å². The molecule has 1 unspecified atom stereocenters. The highest BCUT2D eigenvalue weighted by Crippen LogP contribution is 2.36. The highest BCUT2D eigenvalue weighted by atomic mass is 31.2. The molecular weight excluding hydrogens is 199 g/mol. The number of ether oxygens (including phenoxy) is 2. The molecule has 0 saturated carbocycles. The van der Waals surface area contributed by atoms with E-state index in [9.17, 15) is 4.57 Å². The molecule has 0 radical (unpaired) electrons. The lowest BCUT2D eigenvalue weighted by molar-refractivity contribution is -0.0144. The second-order valence-electron chi connectivity index (χ2n) is 2.76. The summed E-state index contributed by atoms with van der Waals surface area (Å²) < 4.78 is 24.9. The van der Waals surface area contributed by atoms with Crippen LogP contribution < -0.4 is 0 Å². The fraction of sp³-hybridized carbons (Fsp3) is 1.00. The Labute approximate surface area is 76.0 Å². The average molecular weight is 212 g/mol. The van der Waals surface area contributed by atoms with Crippen LogP contribution in [0, 0.1) is 0 Å². The summed E-state index contributed by atoms with van der Waals surface area (Å²) in [7, 11) is -2.86. The Morgan fingerprint density at radius 3 is 2.85 bits per heavy atom. The van der Waals surface area contributed by atoms with Crippen LogP contribution in [0.4, 0.5) is 0 Å². The molecule has 13 heavy (non-hydrogen) atoms. The molecule has 0 spiro atoms. The topological polar surface area (TPSA) is 85.2 Å². The van der Waals surface area contributed by atoms with E-state index < -0.39 is 7.82 Å². The zero-order valence-corrected chi connectivity index (χ0v) is 8.15. The second kappa shape index (κ2) is 4.50. The number of rotatable bonds is 4. The SMILES string of the molecule is COC1CCO[C@@H]1COP(=O)(O)O.